The zero-order chi connectivity index (χ0) is 18.7. The summed E-state index contributed by atoms with van der Waals surface area (Å²) in [5.74, 6) is -0.597. The summed E-state index contributed by atoms with van der Waals surface area (Å²) < 4.78 is 38.2. The molecule has 0 bridgehead atoms. The Morgan fingerprint density at radius 3 is 2.50 bits per heavy atom. The van der Waals surface area contributed by atoms with Gasteiger partial charge in [0.2, 0.25) is 0 Å². The fourth-order valence-electron chi connectivity index (χ4n) is 2.74. The number of carbonyl (C=O) groups is 1. The SMILES string of the molecule is COCc1ccc(C(=O)OC(C)c2nc3ccccc3n2C(F)F)cc1. The van der Waals surface area contributed by atoms with Crippen LogP contribution in [0.3, 0.4) is 0 Å². The Hall–Kier alpha value is -2.80. The van der Waals surface area contributed by atoms with Crippen molar-refractivity contribution in [1.29, 1.82) is 0 Å². The van der Waals surface area contributed by atoms with E-state index in [4.69, 9.17) is 9.47 Å². The highest BCUT2D eigenvalue weighted by Crippen LogP contribution is 2.28. The van der Waals surface area contributed by atoms with Crippen molar-refractivity contribution in [3.05, 3.63) is 65.5 Å². The summed E-state index contributed by atoms with van der Waals surface area (Å²) in [5.41, 5.74) is 1.96. The summed E-state index contributed by atoms with van der Waals surface area (Å²) >= 11 is 0. The third kappa shape index (κ3) is 3.57. The van der Waals surface area contributed by atoms with Gasteiger partial charge in [0.1, 0.15) is 0 Å². The zero-order valence-corrected chi connectivity index (χ0v) is 14.4. The van der Waals surface area contributed by atoms with Gasteiger partial charge in [-0.2, -0.15) is 8.78 Å². The number of imidazole rings is 1. The largest absolute Gasteiger partial charge is 0.451 e. The molecule has 1 unspecified atom stereocenters. The van der Waals surface area contributed by atoms with Crippen molar-refractivity contribution < 1.29 is 23.0 Å². The lowest BCUT2D eigenvalue weighted by Gasteiger charge is -2.15. The molecule has 1 aromatic heterocycles. The molecule has 0 fully saturated rings. The molecule has 0 N–H and O–H groups in total. The van der Waals surface area contributed by atoms with Gasteiger partial charge >= 0.3 is 12.5 Å². The molecule has 0 radical (unpaired) electrons. The third-order valence-electron chi connectivity index (χ3n) is 3.97. The number of fused-ring (bicyclic) bond motifs is 1. The Kier molecular flexibility index (Phi) is 5.27. The maximum Gasteiger partial charge on any atom is 0.338 e. The monoisotopic (exact) mass is 360 g/mol. The number of esters is 1. The molecular weight excluding hydrogens is 342 g/mol. The van der Waals surface area contributed by atoms with E-state index in [0.717, 1.165) is 10.1 Å². The molecule has 0 amide bonds. The van der Waals surface area contributed by atoms with Crippen molar-refractivity contribution in [2.75, 3.05) is 7.11 Å². The van der Waals surface area contributed by atoms with Crippen LogP contribution in [0.15, 0.2) is 48.5 Å². The fraction of sp³-hybridized carbons (Fsp3) is 0.263. The molecule has 3 aromatic rings. The van der Waals surface area contributed by atoms with Gasteiger partial charge in [-0.05, 0) is 36.8 Å². The van der Waals surface area contributed by atoms with E-state index in [1.54, 1.807) is 55.6 Å². The van der Waals surface area contributed by atoms with E-state index in [2.05, 4.69) is 4.98 Å². The first kappa shape index (κ1) is 18.0. The van der Waals surface area contributed by atoms with Gasteiger partial charge in [0.15, 0.2) is 11.9 Å². The molecule has 26 heavy (non-hydrogen) atoms. The number of carbonyl (C=O) groups excluding carboxylic acids is 1. The van der Waals surface area contributed by atoms with E-state index in [9.17, 15) is 13.6 Å². The minimum atomic E-state index is -2.79. The highest BCUT2D eigenvalue weighted by molar-refractivity contribution is 5.89. The number of para-hydroxylation sites is 2. The summed E-state index contributed by atoms with van der Waals surface area (Å²) in [6.07, 6.45) is -0.928. The van der Waals surface area contributed by atoms with E-state index < -0.39 is 18.6 Å². The van der Waals surface area contributed by atoms with Crippen LogP contribution in [0.25, 0.3) is 11.0 Å². The molecule has 0 spiro atoms. The molecule has 0 aliphatic heterocycles. The number of nitrogens with zero attached hydrogens (tertiary/aromatic N) is 2. The van der Waals surface area contributed by atoms with Crippen molar-refractivity contribution in [3.63, 3.8) is 0 Å². The molecule has 0 saturated carbocycles. The number of rotatable bonds is 6. The first-order valence-corrected chi connectivity index (χ1v) is 8.05. The van der Waals surface area contributed by atoms with Crippen LogP contribution < -0.4 is 0 Å². The second kappa shape index (κ2) is 7.61. The van der Waals surface area contributed by atoms with Crippen molar-refractivity contribution in [2.24, 2.45) is 0 Å². The predicted octanol–water partition coefficient (Wildman–Crippen LogP) is 4.50. The van der Waals surface area contributed by atoms with E-state index in [1.807, 2.05) is 0 Å². The molecule has 136 valence electrons. The minimum Gasteiger partial charge on any atom is -0.451 e. The first-order valence-electron chi connectivity index (χ1n) is 8.05. The Labute approximate surface area is 149 Å². The number of hydrogen-bond donors (Lipinski definition) is 0. The summed E-state index contributed by atoms with van der Waals surface area (Å²) in [5, 5.41) is 0. The summed E-state index contributed by atoms with van der Waals surface area (Å²) in [6, 6.07) is 13.3. The second-order valence-corrected chi connectivity index (χ2v) is 5.78. The normalized spacial score (nSPS) is 12.5. The number of methoxy groups -OCH3 is 1. The zero-order valence-electron chi connectivity index (χ0n) is 14.4. The van der Waals surface area contributed by atoms with Gasteiger partial charge in [0.25, 0.3) is 0 Å². The smallest absolute Gasteiger partial charge is 0.338 e. The minimum absolute atomic E-state index is 0.00514. The van der Waals surface area contributed by atoms with Crippen LogP contribution in [0.5, 0.6) is 0 Å². The van der Waals surface area contributed by atoms with Gasteiger partial charge in [-0.15, -0.1) is 0 Å². The second-order valence-electron chi connectivity index (χ2n) is 5.78. The van der Waals surface area contributed by atoms with Crippen LogP contribution in [-0.4, -0.2) is 22.6 Å². The molecule has 7 heteroatoms. The van der Waals surface area contributed by atoms with Gasteiger partial charge < -0.3 is 9.47 Å². The Morgan fingerprint density at radius 1 is 1.15 bits per heavy atom. The molecule has 0 saturated heterocycles. The van der Waals surface area contributed by atoms with Crippen LogP contribution in [0.4, 0.5) is 8.78 Å². The van der Waals surface area contributed by atoms with Crippen LogP contribution in [0.2, 0.25) is 0 Å². The average molecular weight is 360 g/mol. The van der Waals surface area contributed by atoms with Gasteiger partial charge in [0.05, 0.1) is 23.2 Å². The van der Waals surface area contributed by atoms with Crippen molar-refractivity contribution >= 4 is 17.0 Å². The standard InChI is InChI=1S/C19H18F2N2O3/c1-12(26-18(24)14-9-7-13(8-10-14)11-25-2)17-22-15-5-3-4-6-16(15)23(17)19(20)21/h3-10,12,19H,11H2,1-2H3. The lowest BCUT2D eigenvalue weighted by Crippen LogP contribution is -2.14. The van der Waals surface area contributed by atoms with Gasteiger partial charge in [-0.25, -0.2) is 9.78 Å². The van der Waals surface area contributed by atoms with E-state index in [-0.39, 0.29) is 5.82 Å². The lowest BCUT2D eigenvalue weighted by molar-refractivity contribution is 0.0233. The fourth-order valence-corrected chi connectivity index (χ4v) is 2.74. The molecule has 2 aromatic carbocycles. The molecule has 5 nitrogen and oxygen atoms in total. The Morgan fingerprint density at radius 2 is 1.85 bits per heavy atom. The topological polar surface area (TPSA) is 53.4 Å². The molecule has 0 aliphatic carbocycles. The molecular formula is C19H18F2N2O3. The molecule has 3 rings (SSSR count). The average Bonchev–Trinajstić information content (AvgIpc) is 3.02. The maximum atomic E-state index is 13.5. The van der Waals surface area contributed by atoms with Crippen molar-refractivity contribution in [1.82, 2.24) is 9.55 Å². The molecule has 0 aliphatic rings. The molecule has 1 heterocycles. The number of alkyl halides is 2. The number of hydrogen-bond acceptors (Lipinski definition) is 4. The number of ether oxygens (including phenoxy) is 2. The van der Waals surface area contributed by atoms with Crippen molar-refractivity contribution in [2.45, 2.75) is 26.2 Å². The highest BCUT2D eigenvalue weighted by atomic mass is 19.3. The molecule has 1 atom stereocenters. The lowest BCUT2D eigenvalue weighted by atomic mass is 10.1. The quantitative estimate of drug-likeness (QED) is 0.608. The predicted molar refractivity (Wildman–Crippen MR) is 92.0 cm³/mol. The number of aromatic nitrogens is 2. The van der Waals surface area contributed by atoms with E-state index >= 15 is 0 Å². The van der Waals surface area contributed by atoms with E-state index in [1.165, 1.54) is 6.92 Å². The van der Waals surface area contributed by atoms with Gasteiger partial charge in [-0.3, -0.25) is 4.57 Å². The van der Waals surface area contributed by atoms with Crippen LogP contribution in [0.1, 0.15) is 41.3 Å². The highest BCUT2D eigenvalue weighted by Gasteiger charge is 2.24. The van der Waals surface area contributed by atoms with Crippen LogP contribution >= 0.6 is 0 Å². The number of benzene rings is 2. The van der Waals surface area contributed by atoms with Crippen LogP contribution in [-0.2, 0) is 16.1 Å². The first-order chi connectivity index (χ1) is 12.5. The van der Waals surface area contributed by atoms with Crippen LogP contribution in [0, 0.1) is 0 Å². The number of halogens is 2. The van der Waals surface area contributed by atoms with E-state index in [0.29, 0.717) is 23.2 Å². The summed E-state index contributed by atoms with van der Waals surface area (Å²) in [7, 11) is 1.58. The Bertz CT molecular complexity index is 907. The third-order valence-corrected chi connectivity index (χ3v) is 3.97. The Balaban J connectivity index is 1.83. The van der Waals surface area contributed by atoms with Gasteiger partial charge in [0, 0.05) is 7.11 Å². The van der Waals surface area contributed by atoms with Gasteiger partial charge in [-0.1, -0.05) is 24.3 Å². The van der Waals surface area contributed by atoms with Crippen molar-refractivity contribution in [3.8, 4) is 0 Å². The summed E-state index contributed by atoms with van der Waals surface area (Å²) in [6.45, 7) is -0.826. The summed E-state index contributed by atoms with van der Waals surface area (Å²) in [4.78, 5) is 16.5. The maximum absolute atomic E-state index is 13.5.